The van der Waals surface area contributed by atoms with Crippen molar-refractivity contribution in [3.63, 3.8) is 0 Å². The van der Waals surface area contributed by atoms with Crippen molar-refractivity contribution in [2.75, 3.05) is 11.1 Å². The van der Waals surface area contributed by atoms with E-state index in [4.69, 9.17) is 11.5 Å². The second-order valence-electron chi connectivity index (χ2n) is 7.37. The first-order chi connectivity index (χ1) is 15.5. The normalized spacial score (nSPS) is 17.2. The summed E-state index contributed by atoms with van der Waals surface area (Å²) in [5.41, 5.74) is 10.5. The summed E-state index contributed by atoms with van der Waals surface area (Å²) in [5, 5.41) is 6.93. The second-order valence-corrected chi connectivity index (χ2v) is 7.37. The summed E-state index contributed by atoms with van der Waals surface area (Å²) in [6, 6.07) is 4.56. The molecule has 0 aliphatic carbocycles. The number of fused-ring (bicyclic) bond motifs is 1. The summed E-state index contributed by atoms with van der Waals surface area (Å²) in [6.07, 6.45) is 0. The van der Waals surface area contributed by atoms with E-state index in [0.29, 0.717) is 0 Å². The van der Waals surface area contributed by atoms with Crippen LogP contribution in [0.5, 0.6) is 5.88 Å². The molecule has 0 bridgehead atoms. The van der Waals surface area contributed by atoms with E-state index < -0.39 is 42.0 Å². The number of nitrogens with zero attached hydrogens (tertiary/aromatic N) is 4. The van der Waals surface area contributed by atoms with Crippen molar-refractivity contribution < 1.29 is 27.1 Å². The van der Waals surface area contributed by atoms with Gasteiger partial charge in [0.25, 0.3) is 0 Å². The molecular formula is C20H17F4N7O2. The summed E-state index contributed by atoms with van der Waals surface area (Å²) in [6.45, 7) is 1.66. The Morgan fingerprint density at radius 3 is 2.73 bits per heavy atom. The topological polar surface area (TPSA) is 134 Å². The van der Waals surface area contributed by atoms with Crippen LogP contribution in [-0.2, 0) is 16.8 Å². The van der Waals surface area contributed by atoms with Gasteiger partial charge in [-0.3, -0.25) is 4.79 Å². The minimum Gasteiger partial charge on any atom is -0.417 e. The number of carbonyl (C=O) groups is 1. The molecule has 33 heavy (non-hydrogen) atoms. The number of rotatable bonds is 6. The fourth-order valence-electron chi connectivity index (χ4n) is 3.51. The van der Waals surface area contributed by atoms with Crippen LogP contribution >= 0.6 is 0 Å². The third kappa shape index (κ3) is 3.60. The lowest BCUT2D eigenvalue weighted by atomic mass is 9.82. The number of nitrogen functional groups attached to an aromatic ring is 1. The van der Waals surface area contributed by atoms with Crippen molar-refractivity contribution in [2.45, 2.75) is 25.5 Å². The number of anilines is 2. The summed E-state index contributed by atoms with van der Waals surface area (Å²) >= 11 is 0. The molecule has 5 N–H and O–H groups in total. The van der Waals surface area contributed by atoms with Crippen molar-refractivity contribution in [1.82, 2.24) is 19.7 Å². The molecule has 1 amide bonds. The Bertz CT molecular complexity index is 1290. The first-order valence-corrected chi connectivity index (χ1v) is 9.42. The van der Waals surface area contributed by atoms with Gasteiger partial charge in [-0.15, -0.1) is 0 Å². The highest BCUT2D eigenvalue weighted by atomic mass is 19.3. The highest BCUT2D eigenvalue weighted by Crippen LogP contribution is 2.45. The molecule has 172 valence electrons. The maximum atomic E-state index is 14.1. The summed E-state index contributed by atoms with van der Waals surface area (Å²) in [4.78, 5) is 20.4. The molecule has 1 aromatic carbocycles. The highest BCUT2D eigenvalue weighted by Gasteiger charge is 2.46. The van der Waals surface area contributed by atoms with Gasteiger partial charge in [-0.25, -0.2) is 23.4 Å². The summed E-state index contributed by atoms with van der Waals surface area (Å²) in [7, 11) is 0. The minimum atomic E-state index is -3.21. The molecule has 1 aliphatic rings. The molecule has 3 aromatic rings. The molecule has 3 heterocycles. The van der Waals surface area contributed by atoms with E-state index in [9.17, 15) is 22.4 Å². The predicted molar refractivity (Wildman–Crippen MR) is 109 cm³/mol. The lowest BCUT2D eigenvalue weighted by Gasteiger charge is -2.21. The van der Waals surface area contributed by atoms with Gasteiger partial charge in [-0.05, 0) is 13.0 Å². The second kappa shape index (κ2) is 7.76. The molecule has 4 rings (SSSR count). The minimum absolute atomic E-state index is 0.0444. The number of ether oxygens (including phenoxy) is 1. The average molecular weight is 463 g/mol. The van der Waals surface area contributed by atoms with Gasteiger partial charge < -0.3 is 21.5 Å². The smallest absolute Gasteiger partial charge is 0.388 e. The molecule has 0 radical (unpaired) electrons. The zero-order valence-electron chi connectivity index (χ0n) is 17.1. The third-order valence-corrected chi connectivity index (χ3v) is 5.34. The van der Waals surface area contributed by atoms with Crippen LogP contribution in [0.4, 0.5) is 29.2 Å². The quantitative estimate of drug-likeness (QED) is 0.478. The maximum Gasteiger partial charge on any atom is 0.388 e. The van der Waals surface area contributed by atoms with Crippen molar-refractivity contribution >= 4 is 17.5 Å². The van der Waals surface area contributed by atoms with Gasteiger partial charge in [0.2, 0.25) is 11.8 Å². The van der Waals surface area contributed by atoms with Crippen molar-refractivity contribution in [1.29, 1.82) is 0 Å². The largest absolute Gasteiger partial charge is 0.417 e. The van der Waals surface area contributed by atoms with E-state index in [0.717, 1.165) is 16.8 Å². The van der Waals surface area contributed by atoms with Crippen LogP contribution in [-0.4, -0.2) is 32.3 Å². The number of carbonyl (C=O) groups excluding carboxylic acids is 1. The lowest BCUT2D eigenvalue weighted by Crippen LogP contribution is -2.39. The zero-order chi connectivity index (χ0) is 24.1. The molecule has 13 heteroatoms. The molecule has 0 spiro atoms. The Balaban J connectivity index is 1.78. The number of nitrogens with one attached hydrogen (secondary N) is 1. The molecule has 2 aromatic heterocycles. The molecular weight excluding hydrogens is 446 g/mol. The number of nitrogens with two attached hydrogens (primary N) is 2. The SMILES string of the molecule is C=C1Nc2nc(-c3cc(OC(F)F)n(Cc4cccc(F)c4F)n3)nc(N)c2C1(C)C(N)=O. The molecule has 0 fully saturated rings. The molecule has 1 atom stereocenters. The van der Waals surface area contributed by atoms with Crippen LogP contribution in [0.2, 0.25) is 0 Å². The van der Waals surface area contributed by atoms with Gasteiger partial charge in [0.1, 0.15) is 22.7 Å². The monoisotopic (exact) mass is 463 g/mol. The Labute approximate surface area is 184 Å². The van der Waals surface area contributed by atoms with Crippen LogP contribution < -0.4 is 21.5 Å². The number of aromatic nitrogens is 4. The fourth-order valence-corrected chi connectivity index (χ4v) is 3.51. The van der Waals surface area contributed by atoms with Gasteiger partial charge in [-0.2, -0.15) is 13.9 Å². The maximum absolute atomic E-state index is 14.1. The number of alkyl halides is 2. The van der Waals surface area contributed by atoms with Crippen LogP contribution in [0.1, 0.15) is 18.1 Å². The van der Waals surface area contributed by atoms with Crippen LogP contribution in [0.25, 0.3) is 11.5 Å². The Morgan fingerprint density at radius 1 is 1.33 bits per heavy atom. The predicted octanol–water partition coefficient (Wildman–Crippen LogP) is 2.53. The van der Waals surface area contributed by atoms with Crippen LogP contribution in [0.15, 0.2) is 36.5 Å². The molecule has 1 aliphatic heterocycles. The number of benzene rings is 1. The molecule has 0 saturated carbocycles. The zero-order valence-corrected chi connectivity index (χ0v) is 17.1. The first kappa shape index (κ1) is 22.0. The number of hydrogen-bond acceptors (Lipinski definition) is 7. The van der Waals surface area contributed by atoms with Gasteiger partial charge in [0.15, 0.2) is 17.5 Å². The molecule has 0 saturated heterocycles. The fraction of sp³-hybridized carbons (Fsp3) is 0.200. The van der Waals surface area contributed by atoms with E-state index >= 15 is 0 Å². The first-order valence-electron chi connectivity index (χ1n) is 9.42. The highest BCUT2D eigenvalue weighted by molar-refractivity contribution is 5.97. The average Bonchev–Trinajstić information content (AvgIpc) is 3.24. The standard InChI is InChI=1S/C20H17F4N7O2/c1-8-20(2,18(26)32)13-15(25)28-16(29-17(13)27-8)11-6-12(33-19(23)24)31(30-11)7-9-4-3-5-10(21)14(9)22/h3-6,19H,1,7H2,2H3,(H2,26,32)(H3,25,27,28,29). The van der Waals surface area contributed by atoms with Crippen molar-refractivity contribution in [2.24, 2.45) is 5.73 Å². The van der Waals surface area contributed by atoms with E-state index in [1.807, 2.05) is 0 Å². The lowest BCUT2D eigenvalue weighted by molar-refractivity contribution is -0.121. The Kier molecular flexibility index (Phi) is 5.18. The van der Waals surface area contributed by atoms with E-state index in [2.05, 4.69) is 31.7 Å². The Morgan fingerprint density at radius 2 is 2.06 bits per heavy atom. The number of amides is 1. The van der Waals surface area contributed by atoms with Crippen LogP contribution in [0.3, 0.4) is 0 Å². The van der Waals surface area contributed by atoms with Crippen molar-refractivity contribution in [3.05, 3.63) is 59.3 Å². The number of primary amides is 1. The van der Waals surface area contributed by atoms with Gasteiger partial charge in [0, 0.05) is 17.3 Å². The molecule has 1 unspecified atom stereocenters. The van der Waals surface area contributed by atoms with Crippen LogP contribution in [0, 0.1) is 11.6 Å². The van der Waals surface area contributed by atoms with E-state index in [-0.39, 0.29) is 40.0 Å². The van der Waals surface area contributed by atoms with Gasteiger partial charge in [-0.1, -0.05) is 18.7 Å². The number of hydrogen-bond donors (Lipinski definition) is 3. The van der Waals surface area contributed by atoms with Gasteiger partial charge >= 0.3 is 6.61 Å². The summed E-state index contributed by atoms with van der Waals surface area (Å²) < 4.78 is 58.9. The van der Waals surface area contributed by atoms with E-state index in [1.165, 1.54) is 19.1 Å². The van der Waals surface area contributed by atoms with Crippen molar-refractivity contribution in [3.8, 4) is 17.4 Å². The Hall–Kier alpha value is -4.16. The van der Waals surface area contributed by atoms with Gasteiger partial charge in [0.05, 0.1) is 12.1 Å². The summed E-state index contributed by atoms with van der Waals surface area (Å²) in [5.74, 6) is -3.48. The number of halogens is 4. The third-order valence-electron chi connectivity index (χ3n) is 5.34. The molecule has 9 nitrogen and oxygen atoms in total. The van der Waals surface area contributed by atoms with E-state index in [1.54, 1.807) is 0 Å².